The van der Waals surface area contributed by atoms with Gasteiger partial charge in [-0.05, 0) is 32.6 Å². The Kier molecular flexibility index (Phi) is 3.54. The summed E-state index contributed by atoms with van der Waals surface area (Å²) in [6.07, 6.45) is -0.657. The van der Waals surface area contributed by atoms with Gasteiger partial charge in [0.05, 0.1) is 12.6 Å². The van der Waals surface area contributed by atoms with Gasteiger partial charge in [-0.25, -0.2) is 9.67 Å². The number of ether oxygens (including phenoxy) is 2. The average molecular weight is 381 g/mol. The molecule has 0 amide bonds. The third kappa shape index (κ3) is 2.87. The molecule has 2 aromatic rings. The Hall–Kier alpha value is -2.52. The molecular weight excluding hydrogens is 363 g/mol. The molecule has 2 atom stereocenters. The molecule has 5 rings (SSSR count). The number of hydrogen-bond acceptors (Lipinski definition) is 6. The fraction of sp³-hybridized carbons (Fsp3) is 0.588. The minimum absolute atomic E-state index is 0.0131. The van der Waals surface area contributed by atoms with E-state index in [1.54, 1.807) is 0 Å². The van der Waals surface area contributed by atoms with Gasteiger partial charge in [-0.1, -0.05) is 0 Å². The number of nitrogens with zero attached hydrogens (tertiary/aromatic N) is 4. The van der Waals surface area contributed by atoms with Gasteiger partial charge in [-0.15, -0.1) is 0 Å². The lowest BCUT2D eigenvalue weighted by molar-refractivity contribution is -0.140. The van der Waals surface area contributed by atoms with E-state index in [1.165, 1.54) is 0 Å². The molecule has 1 aliphatic heterocycles. The molecule has 10 heteroatoms. The summed E-state index contributed by atoms with van der Waals surface area (Å²) in [6, 6.07) is 0.260. The Morgan fingerprint density at radius 3 is 2.70 bits per heavy atom. The first-order chi connectivity index (χ1) is 12.9. The lowest BCUT2D eigenvalue weighted by Gasteiger charge is -2.36. The summed E-state index contributed by atoms with van der Waals surface area (Å²) >= 11 is 0. The first-order valence-electron chi connectivity index (χ1n) is 9.00. The molecule has 0 saturated heterocycles. The fourth-order valence-electron chi connectivity index (χ4n) is 3.44. The number of hydrogen-bond donors (Lipinski definition) is 1. The summed E-state index contributed by atoms with van der Waals surface area (Å²) in [5.41, 5.74) is -0.237. The van der Waals surface area contributed by atoms with Crippen molar-refractivity contribution >= 4 is 11.8 Å². The second-order valence-electron chi connectivity index (χ2n) is 7.28. The maximum absolute atomic E-state index is 13.3. The summed E-state index contributed by atoms with van der Waals surface area (Å²) in [5, 5.41) is 7.55. The van der Waals surface area contributed by atoms with Crippen molar-refractivity contribution in [2.75, 3.05) is 11.9 Å². The Balaban J connectivity index is 1.61. The van der Waals surface area contributed by atoms with Crippen LogP contribution in [0.25, 0.3) is 0 Å². The molecule has 2 fully saturated rings. The number of nitrogens with one attached hydrogen (secondary N) is 1. The third-order valence-corrected chi connectivity index (χ3v) is 5.27. The predicted molar refractivity (Wildman–Crippen MR) is 88.2 cm³/mol. The molecule has 3 heterocycles. The second kappa shape index (κ2) is 5.74. The van der Waals surface area contributed by atoms with Crippen LogP contribution in [0.15, 0.2) is 6.20 Å². The number of fused-ring (bicyclic) bond motifs is 4. The van der Waals surface area contributed by atoms with Gasteiger partial charge in [0, 0.05) is 12.1 Å². The summed E-state index contributed by atoms with van der Waals surface area (Å²) in [5.74, 6) is 0.784. The number of rotatable bonds is 1. The van der Waals surface area contributed by atoms with Gasteiger partial charge in [0.1, 0.15) is 17.4 Å². The van der Waals surface area contributed by atoms with Crippen LogP contribution in [0, 0.1) is 12.8 Å². The lowest BCUT2D eigenvalue weighted by atomic mass is 9.82. The van der Waals surface area contributed by atoms with Gasteiger partial charge >= 0.3 is 6.18 Å². The van der Waals surface area contributed by atoms with Crippen molar-refractivity contribution in [3.63, 3.8) is 0 Å². The Labute approximate surface area is 152 Å². The van der Waals surface area contributed by atoms with E-state index >= 15 is 0 Å². The van der Waals surface area contributed by atoms with Crippen LogP contribution < -0.4 is 14.8 Å². The van der Waals surface area contributed by atoms with Gasteiger partial charge in [0.15, 0.2) is 11.6 Å². The Morgan fingerprint density at radius 1 is 1.22 bits per heavy atom. The van der Waals surface area contributed by atoms with Gasteiger partial charge in [-0.2, -0.15) is 23.3 Å². The first-order valence-corrected chi connectivity index (χ1v) is 9.00. The van der Waals surface area contributed by atoms with Crippen molar-refractivity contribution in [1.82, 2.24) is 19.7 Å². The normalized spacial score (nSPS) is 24.3. The average Bonchev–Trinajstić information content (AvgIpc) is 3.38. The molecule has 0 aromatic carbocycles. The van der Waals surface area contributed by atoms with Crippen LogP contribution in [-0.4, -0.2) is 32.5 Å². The van der Waals surface area contributed by atoms with Crippen LogP contribution >= 0.6 is 0 Å². The summed E-state index contributed by atoms with van der Waals surface area (Å²) in [7, 11) is 0. The highest BCUT2D eigenvalue weighted by Crippen LogP contribution is 2.44. The van der Waals surface area contributed by atoms with E-state index in [2.05, 4.69) is 20.4 Å². The number of alkyl halides is 3. The van der Waals surface area contributed by atoms with E-state index in [0.29, 0.717) is 24.6 Å². The van der Waals surface area contributed by atoms with Crippen molar-refractivity contribution < 1.29 is 22.6 Å². The highest BCUT2D eigenvalue weighted by atomic mass is 19.4. The molecule has 2 bridgehead atoms. The van der Waals surface area contributed by atoms with Crippen LogP contribution in [0.3, 0.4) is 0 Å². The van der Waals surface area contributed by atoms with Crippen molar-refractivity contribution in [1.29, 1.82) is 0 Å². The van der Waals surface area contributed by atoms with Crippen molar-refractivity contribution in [2.24, 2.45) is 5.92 Å². The zero-order chi connectivity index (χ0) is 18.8. The molecule has 144 valence electrons. The van der Waals surface area contributed by atoms with Crippen molar-refractivity contribution in [3.8, 4) is 11.6 Å². The predicted octanol–water partition coefficient (Wildman–Crippen LogP) is 3.63. The SMILES string of the molecule is Cc1nn(C2CC2)c2c1OC[C@H]1CC[C@@H]1Oc1nc(ncc1C(F)(F)F)N2. The number of aromatic nitrogens is 4. The van der Waals surface area contributed by atoms with Crippen LogP contribution in [0.2, 0.25) is 0 Å². The Morgan fingerprint density at radius 2 is 2.04 bits per heavy atom. The maximum atomic E-state index is 13.3. The Bertz CT molecular complexity index is 893. The van der Waals surface area contributed by atoms with Crippen LogP contribution in [0.1, 0.15) is 43.0 Å². The molecular formula is C17H18F3N5O2. The van der Waals surface area contributed by atoms with E-state index < -0.39 is 17.6 Å². The van der Waals surface area contributed by atoms with E-state index in [4.69, 9.17) is 9.47 Å². The number of halogens is 3. The fourth-order valence-corrected chi connectivity index (χ4v) is 3.44. The molecule has 2 saturated carbocycles. The van der Waals surface area contributed by atoms with Gasteiger partial charge in [0.2, 0.25) is 11.8 Å². The van der Waals surface area contributed by atoms with Crippen LogP contribution in [0.4, 0.5) is 24.9 Å². The molecule has 7 nitrogen and oxygen atoms in total. The van der Waals surface area contributed by atoms with Gasteiger partial charge < -0.3 is 14.8 Å². The minimum atomic E-state index is -4.58. The highest BCUT2D eigenvalue weighted by molar-refractivity contribution is 5.61. The largest absolute Gasteiger partial charge is 0.487 e. The van der Waals surface area contributed by atoms with Gasteiger partial charge in [-0.3, -0.25) is 0 Å². The monoisotopic (exact) mass is 381 g/mol. The zero-order valence-electron chi connectivity index (χ0n) is 14.6. The van der Waals surface area contributed by atoms with E-state index in [0.717, 1.165) is 31.2 Å². The van der Waals surface area contributed by atoms with E-state index in [1.807, 2.05) is 11.6 Å². The molecule has 0 radical (unpaired) electrons. The molecule has 1 N–H and O–H groups in total. The quantitative estimate of drug-likeness (QED) is 0.813. The molecule has 0 unspecified atom stereocenters. The number of anilines is 2. The van der Waals surface area contributed by atoms with Crippen LogP contribution in [0.5, 0.6) is 11.6 Å². The second-order valence-corrected chi connectivity index (χ2v) is 7.28. The minimum Gasteiger partial charge on any atom is -0.487 e. The maximum Gasteiger partial charge on any atom is 0.423 e. The van der Waals surface area contributed by atoms with Crippen LogP contribution in [-0.2, 0) is 6.18 Å². The smallest absolute Gasteiger partial charge is 0.423 e. The molecule has 2 aromatic heterocycles. The molecule has 0 spiro atoms. The first kappa shape index (κ1) is 16.6. The molecule has 27 heavy (non-hydrogen) atoms. The topological polar surface area (TPSA) is 74.1 Å². The van der Waals surface area contributed by atoms with Crippen molar-refractivity contribution in [2.45, 2.75) is 50.9 Å². The highest BCUT2D eigenvalue weighted by Gasteiger charge is 2.41. The van der Waals surface area contributed by atoms with E-state index in [9.17, 15) is 13.2 Å². The summed E-state index contributed by atoms with van der Waals surface area (Å²) < 4.78 is 53.5. The van der Waals surface area contributed by atoms with Gasteiger partial charge in [0.25, 0.3) is 0 Å². The molecule has 2 aliphatic carbocycles. The molecule has 3 aliphatic rings. The number of aryl methyl sites for hydroxylation is 1. The summed E-state index contributed by atoms with van der Waals surface area (Å²) in [4.78, 5) is 7.88. The zero-order valence-corrected chi connectivity index (χ0v) is 14.6. The third-order valence-electron chi connectivity index (χ3n) is 5.27. The standard InChI is InChI=1S/C17H18F3N5O2/c1-8-13-14(25(24-8)10-3-4-10)22-16-21-6-11(17(18,19)20)15(23-16)27-12-5-2-9(12)7-26-13/h6,9-10,12H,2-5,7H2,1H3,(H,21,22,23)/t9-,12+/m1/s1. The lowest BCUT2D eigenvalue weighted by Crippen LogP contribution is -2.40. The summed E-state index contributed by atoms with van der Waals surface area (Å²) in [6.45, 7) is 2.22. The van der Waals surface area contributed by atoms with Crippen molar-refractivity contribution in [3.05, 3.63) is 17.5 Å². The van der Waals surface area contributed by atoms with E-state index in [-0.39, 0.29) is 24.0 Å².